The maximum Gasteiger partial charge on any atom is 0.168 e. The van der Waals surface area contributed by atoms with Crippen LogP contribution in [0.4, 0.5) is 0 Å². The Morgan fingerprint density at radius 3 is 2.64 bits per heavy atom. The highest BCUT2D eigenvalue weighted by atomic mass is 79.9. The van der Waals surface area contributed by atoms with E-state index in [1.54, 1.807) is 24.3 Å². The van der Waals surface area contributed by atoms with E-state index in [9.17, 15) is 13.5 Å². The zero-order chi connectivity index (χ0) is 10.8. The Labute approximate surface area is 91.1 Å². The van der Waals surface area contributed by atoms with E-state index < -0.39 is 15.6 Å². The quantitative estimate of drug-likeness (QED) is 0.761. The van der Waals surface area contributed by atoms with Crippen molar-refractivity contribution >= 4 is 31.5 Å². The smallest absolute Gasteiger partial charge is 0.168 e. The number of rotatable bonds is 2. The van der Waals surface area contributed by atoms with Crippen LogP contribution in [0.2, 0.25) is 0 Å². The van der Waals surface area contributed by atoms with E-state index in [0.717, 1.165) is 16.1 Å². The van der Waals surface area contributed by atoms with Gasteiger partial charge < -0.3 is 5.11 Å². The standard InChI is InChI=1S/C9H9BrO3S/c1-14(12,13)6-9(11)7-3-2-4-8(10)5-7/h2-6,11H,1H3/p-1/b9-6-. The fraction of sp³-hybridized carbons (Fsp3) is 0.111. The van der Waals surface area contributed by atoms with Crippen molar-refractivity contribution in [3.63, 3.8) is 0 Å². The Hall–Kier alpha value is -0.810. The molecule has 1 rings (SSSR count). The fourth-order valence-corrected chi connectivity index (χ4v) is 1.83. The predicted molar refractivity (Wildman–Crippen MR) is 57.0 cm³/mol. The summed E-state index contributed by atoms with van der Waals surface area (Å²) in [7, 11) is -3.37. The van der Waals surface area contributed by atoms with E-state index in [4.69, 9.17) is 0 Å². The number of hydrogen-bond acceptors (Lipinski definition) is 3. The van der Waals surface area contributed by atoms with Crippen molar-refractivity contribution in [1.82, 2.24) is 0 Å². The van der Waals surface area contributed by atoms with Gasteiger partial charge in [-0.1, -0.05) is 33.8 Å². The molecule has 0 saturated heterocycles. The molecule has 0 saturated carbocycles. The topological polar surface area (TPSA) is 57.2 Å². The van der Waals surface area contributed by atoms with E-state index in [0.29, 0.717) is 5.56 Å². The van der Waals surface area contributed by atoms with Gasteiger partial charge >= 0.3 is 0 Å². The van der Waals surface area contributed by atoms with Crippen LogP contribution < -0.4 is 5.11 Å². The van der Waals surface area contributed by atoms with Gasteiger partial charge in [0.2, 0.25) is 0 Å². The number of halogens is 1. The minimum absolute atomic E-state index is 0.352. The minimum Gasteiger partial charge on any atom is -0.872 e. The zero-order valence-electron chi connectivity index (χ0n) is 7.40. The molecule has 3 nitrogen and oxygen atoms in total. The van der Waals surface area contributed by atoms with E-state index in [1.807, 2.05) is 0 Å². The highest BCUT2D eigenvalue weighted by Crippen LogP contribution is 2.16. The lowest BCUT2D eigenvalue weighted by Crippen LogP contribution is -2.05. The molecule has 1 aromatic carbocycles. The van der Waals surface area contributed by atoms with Gasteiger partial charge in [0.25, 0.3) is 0 Å². The Kier molecular flexibility index (Phi) is 3.34. The van der Waals surface area contributed by atoms with E-state index in [2.05, 4.69) is 15.9 Å². The summed E-state index contributed by atoms with van der Waals surface area (Å²) in [4.78, 5) is 0. The first-order valence-corrected chi connectivity index (χ1v) is 6.48. The Morgan fingerprint density at radius 1 is 1.50 bits per heavy atom. The van der Waals surface area contributed by atoms with Crippen molar-refractivity contribution < 1.29 is 13.5 Å². The van der Waals surface area contributed by atoms with Crippen molar-refractivity contribution in [2.24, 2.45) is 0 Å². The van der Waals surface area contributed by atoms with Crippen LogP contribution in [0, 0.1) is 0 Å². The third-order valence-electron chi connectivity index (χ3n) is 1.43. The molecule has 76 valence electrons. The lowest BCUT2D eigenvalue weighted by molar-refractivity contribution is -0.243. The second kappa shape index (κ2) is 4.14. The van der Waals surface area contributed by atoms with Crippen molar-refractivity contribution in [3.05, 3.63) is 39.7 Å². The third kappa shape index (κ3) is 3.51. The van der Waals surface area contributed by atoms with Crippen molar-refractivity contribution in [2.45, 2.75) is 0 Å². The molecule has 0 aromatic heterocycles. The van der Waals surface area contributed by atoms with E-state index >= 15 is 0 Å². The average Bonchev–Trinajstić information content (AvgIpc) is 2.01. The Morgan fingerprint density at radius 2 is 2.14 bits per heavy atom. The number of sulfone groups is 1. The first kappa shape index (κ1) is 11.3. The molecule has 0 aliphatic rings. The van der Waals surface area contributed by atoms with Crippen LogP contribution in [-0.2, 0) is 9.84 Å². The normalized spacial score (nSPS) is 12.9. The van der Waals surface area contributed by atoms with Gasteiger partial charge in [0.1, 0.15) is 0 Å². The first-order valence-electron chi connectivity index (χ1n) is 3.73. The third-order valence-corrected chi connectivity index (χ3v) is 2.57. The molecular formula is C9H8BrO3S-. The molecular weight excluding hydrogens is 268 g/mol. The van der Waals surface area contributed by atoms with Crippen LogP contribution in [0.5, 0.6) is 0 Å². The second-order valence-electron chi connectivity index (χ2n) is 2.82. The molecule has 0 bridgehead atoms. The summed E-state index contributed by atoms with van der Waals surface area (Å²) >= 11 is 3.19. The molecule has 0 aliphatic heterocycles. The Balaban J connectivity index is 3.13. The molecule has 0 heterocycles. The minimum atomic E-state index is -3.37. The molecule has 0 spiro atoms. The lowest BCUT2D eigenvalue weighted by Gasteiger charge is -2.11. The summed E-state index contributed by atoms with van der Waals surface area (Å²) in [5.41, 5.74) is 0.352. The van der Waals surface area contributed by atoms with Crippen molar-refractivity contribution in [2.75, 3.05) is 6.26 Å². The van der Waals surface area contributed by atoms with Crippen LogP contribution in [0.3, 0.4) is 0 Å². The highest BCUT2D eigenvalue weighted by Gasteiger charge is 1.97. The summed E-state index contributed by atoms with van der Waals surface area (Å²) in [6.07, 6.45) is 0.989. The van der Waals surface area contributed by atoms with Crippen LogP contribution >= 0.6 is 15.9 Å². The van der Waals surface area contributed by atoms with E-state index in [1.165, 1.54) is 0 Å². The van der Waals surface area contributed by atoms with Crippen LogP contribution in [-0.4, -0.2) is 14.7 Å². The fourth-order valence-electron chi connectivity index (χ4n) is 0.904. The van der Waals surface area contributed by atoms with Gasteiger partial charge in [-0.3, -0.25) is 0 Å². The van der Waals surface area contributed by atoms with Gasteiger partial charge in [0.15, 0.2) is 9.84 Å². The van der Waals surface area contributed by atoms with Crippen LogP contribution in [0.1, 0.15) is 5.56 Å². The second-order valence-corrected chi connectivity index (χ2v) is 5.63. The summed E-state index contributed by atoms with van der Waals surface area (Å²) in [6, 6.07) is 6.57. The molecule has 1 aromatic rings. The molecule has 0 aliphatic carbocycles. The van der Waals surface area contributed by atoms with Crippen molar-refractivity contribution in [3.8, 4) is 0 Å². The van der Waals surface area contributed by atoms with Gasteiger partial charge in [-0.25, -0.2) is 8.42 Å². The van der Waals surface area contributed by atoms with Crippen LogP contribution in [0.15, 0.2) is 34.1 Å². The van der Waals surface area contributed by atoms with E-state index in [-0.39, 0.29) is 0 Å². The van der Waals surface area contributed by atoms with Gasteiger partial charge in [0, 0.05) is 16.1 Å². The first-order chi connectivity index (χ1) is 6.38. The highest BCUT2D eigenvalue weighted by molar-refractivity contribution is 9.10. The van der Waals surface area contributed by atoms with Gasteiger partial charge in [-0.05, 0) is 17.7 Å². The number of benzene rings is 1. The maximum absolute atomic E-state index is 11.4. The molecule has 0 fully saturated rings. The summed E-state index contributed by atoms with van der Waals surface area (Å²) < 4.78 is 22.4. The Bertz CT molecular complexity index is 463. The average molecular weight is 276 g/mol. The summed E-state index contributed by atoms with van der Waals surface area (Å²) in [5.74, 6) is -0.506. The monoisotopic (exact) mass is 275 g/mol. The summed E-state index contributed by atoms with van der Waals surface area (Å²) in [5, 5.41) is 12.1. The SMILES string of the molecule is CS(=O)(=O)/C=C(\[O-])c1cccc(Br)c1. The maximum atomic E-state index is 11.4. The summed E-state index contributed by atoms with van der Waals surface area (Å²) in [6.45, 7) is 0. The zero-order valence-corrected chi connectivity index (χ0v) is 9.80. The largest absolute Gasteiger partial charge is 0.872 e. The molecule has 0 N–H and O–H groups in total. The van der Waals surface area contributed by atoms with Gasteiger partial charge in [0.05, 0.1) is 0 Å². The van der Waals surface area contributed by atoms with Crippen molar-refractivity contribution in [1.29, 1.82) is 0 Å². The molecule has 0 atom stereocenters. The van der Waals surface area contributed by atoms with Gasteiger partial charge in [-0.15, -0.1) is 0 Å². The van der Waals surface area contributed by atoms with Crippen LogP contribution in [0.25, 0.3) is 5.76 Å². The molecule has 0 amide bonds. The molecule has 0 radical (unpaired) electrons. The van der Waals surface area contributed by atoms with Gasteiger partial charge in [-0.2, -0.15) is 0 Å². The lowest BCUT2D eigenvalue weighted by atomic mass is 10.2. The molecule has 14 heavy (non-hydrogen) atoms. The molecule has 5 heteroatoms. The molecule has 0 unspecified atom stereocenters. The predicted octanol–water partition coefficient (Wildman–Crippen LogP) is 1.15. The number of hydrogen-bond donors (Lipinski definition) is 0.